The summed E-state index contributed by atoms with van der Waals surface area (Å²) in [4.78, 5) is 12.7. The number of hydrogen-bond acceptors (Lipinski definition) is 3. The number of esters is 1. The molecule has 0 heterocycles. The Balaban J connectivity index is 1.29. The van der Waals surface area contributed by atoms with E-state index >= 15 is 0 Å². The number of carbonyl (C=O) groups is 1. The minimum Gasteiger partial charge on any atom is -0.458 e. The average molecular weight is 375 g/mol. The molecule has 4 rings (SSSR count). The van der Waals surface area contributed by atoms with E-state index in [2.05, 4.69) is 26.0 Å². The zero-order valence-corrected chi connectivity index (χ0v) is 17.2. The van der Waals surface area contributed by atoms with Gasteiger partial charge in [0.2, 0.25) is 0 Å². The summed E-state index contributed by atoms with van der Waals surface area (Å²) in [6.07, 6.45) is 15.7. The molecule has 4 aliphatic rings. The fourth-order valence-electron chi connectivity index (χ4n) is 7.13. The molecule has 0 aromatic carbocycles. The third kappa shape index (κ3) is 3.86. The van der Waals surface area contributed by atoms with Crippen LogP contribution in [0.25, 0.3) is 0 Å². The first-order chi connectivity index (χ1) is 13.0. The van der Waals surface area contributed by atoms with Crippen LogP contribution < -0.4 is 0 Å². The van der Waals surface area contributed by atoms with Crippen LogP contribution in [0.5, 0.6) is 0 Å². The standard InChI is InChI=1S/C24H38O3/c1-3-24(20-5-4-6-21(24)12-16(2)11-20)27-23(26)15-22(25)10-9-19-14-17-7-8-18(19)13-17/h7-8,16-22,25H,3-6,9-15H2,1-2H3. The summed E-state index contributed by atoms with van der Waals surface area (Å²) in [5.41, 5.74) is -0.253. The van der Waals surface area contributed by atoms with Gasteiger partial charge in [0.15, 0.2) is 0 Å². The molecule has 0 aromatic rings. The van der Waals surface area contributed by atoms with Crippen molar-refractivity contribution in [2.24, 2.45) is 35.5 Å². The molecule has 152 valence electrons. The second-order valence-electron chi connectivity index (χ2n) is 10.2. The molecule has 3 heteroatoms. The van der Waals surface area contributed by atoms with Crippen LogP contribution in [0, 0.1) is 35.5 Å². The van der Waals surface area contributed by atoms with E-state index in [1.807, 2.05) is 0 Å². The molecule has 0 aromatic heterocycles. The Morgan fingerprint density at radius 1 is 1.19 bits per heavy atom. The van der Waals surface area contributed by atoms with Gasteiger partial charge in [0.25, 0.3) is 0 Å². The molecular weight excluding hydrogens is 336 g/mol. The van der Waals surface area contributed by atoms with Crippen LogP contribution in [0.3, 0.4) is 0 Å². The van der Waals surface area contributed by atoms with Gasteiger partial charge >= 0.3 is 5.97 Å². The van der Waals surface area contributed by atoms with Crippen molar-refractivity contribution in [1.29, 1.82) is 0 Å². The summed E-state index contributed by atoms with van der Waals surface area (Å²) < 4.78 is 6.23. The van der Waals surface area contributed by atoms with Crippen molar-refractivity contribution in [1.82, 2.24) is 0 Å². The number of carbonyl (C=O) groups excluding carboxylic acids is 1. The summed E-state index contributed by atoms with van der Waals surface area (Å²) in [5, 5.41) is 10.5. The molecule has 0 radical (unpaired) electrons. The Morgan fingerprint density at radius 3 is 2.52 bits per heavy atom. The van der Waals surface area contributed by atoms with E-state index in [4.69, 9.17) is 4.74 Å². The zero-order chi connectivity index (χ0) is 19.0. The minimum absolute atomic E-state index is 0.163. The third-order valence-corrected chi connectivity index (χ3v) is 8.41. The number of allylic oxidation sites excluding steroid dienone is 2. The Hall–Kier alpha value is -0.830. The average Bonchev–Trinajstić information content (AvgIpc) is 3.23. The zero-order valence-electron chi connectivity index (χ0n) is 17.2. The largest absolute Gasteiger partial charge is 0.458 e. The molecule has 0 aliphatic heterocycles. The number of rotatable bonds is 7. The van der Waals surface area contributed by atoms with Crippen LogP contribution in [0.15, 0.2) is 12.2 Å². The van der Waals surface area contributed by atoms with E-state index in [9.17, 15) is 9.90 Å². The fraction of sp³-hybridized carbons (Fsp3) is 0.875. The van der Waals surface area contributed by atoms with Gasteiger partial charge in [0, 0.05) is 0 Å². The molecule has 3 saturated carbocycles. The maximum absolute atomic E-state index is 12.7. The third-order valence-electron chi connectivity index (χ3n) is 8.41. The Morgan fingerprint density at radius 2 is 1.93 bits per heavy atom. The van der Waals surface area contributed by atoms with E-state index in [1.54, 1.807) is 0 Å². The van der Waals surface area contributed by atoms with Gasteiger partial charge in [0.05, 0.1) is 12.5 Å². The normalized spacial score (nSPS) is 43.7. The maximum Gasteiger partial charge on any atom is 0.308 e. The van der Waals surface area contributed by atoms with Crippen molar-refractivity contribution >= 4 is 5.97 Å². The maximum atomic E-state index is 12.7. The summed E-state index contributed by atoms with van der Waals surface area (Å²) >= 11 is 0. The smallest absolute Gasteiger partial charge is 0.308 e. The lowest BCUT2D eigenvalue weighted by molar-refractivity contribution is -0.195. The van der Waals surface area contributed by atoms with Crippen LogP contribution in [-0.2, 0) is 9.53 Å². The van der Waals surface area contributed by atoms with E-state index in [0.717, 1.165) is 37.0 Å². The quantitative estimate of drug-likeness (QED) is 0.488. The predicted octanol–water partition coefficient (Wildman–Crippen LogP) is 5.27. The van der Waals surface area contributed by atoms with Crippen molar-refractivity contribution in [3.05, 3.63) is 12.2 Å². The predicted molar refractivity (Wildman–Crippen MR) is 107 cm³/mol. The Kier molecular flexibility index (Phi) is 5.69. The van der Waals surface area contributed by atoms with Gasteiger partial charge in [-0.2, -0.15) is 0 Å². The van der Waals surface area contributed by atoms with Gasteiger partial charge in [-0.05, 0) is 93.3 Å². The van der Waals surface area contributed by atoms with Crippen LogP contribution in [0.1, 0.15) is 84.5 Å². The molecule has 3 nitrogen and oxygen atoms in total. The van der Waals surface area contributed by atoms with Crippen molar-refractivity contribution < 1.29 is 14.6 Å². The van der Waals surface area contributed by atoms with E-state index < -0.39 is 6.10 Å². The molecular formula is C24H38O3. The topological polar surface area (TPSA) is 46.5 Å². The lowest BCUT2D eigenvalue weighted by atomic mass is 9.58. The molecule has 1 N–H and O–H groups in total. The van der Waals surface area contributed by atoms with Crippen LogP contribution in [0.2, 0.25) is 0 Å². The highest BCUT2D eigenvalue weighted by Crippen LogP contribution is 2.53. The van der Waals surface area contributed by atoms with Crippen LogP contribution in [-0.4, -0.2) is 22.8 Å². The molecule has 6 unspecified atom stereocenters. The first kappa shape index (κ1) is 19.5. The van der Waals surface area contributed by atoms with Crippen molar-refractivity contribution in [3.8, 4) is 0 Å². The van der Waals surface area contributed by atoms with Gasteiger partial charge in [-0.15, -0.1) is 0 Å². The monoisotopic (exact) mass is 374 g/mol. The van der Waals surface area contributed by atoms with Gasteiger partial charge in [0.1, 0.15) is 5.60 Å². The molecule has 27 heavy (non-hydrogen) atoms. The summed E-state index contributed by atoms with van der Waals surface area (Å²) in [6.45, 7) is 4.54. The van der Waals surface area contributed by atoms with Crippen molar-refractivity contribution in [3.63, 3.8) is 0 Å². The molecule has 0 spiro atoms. The molecule has 0 amide bonds. The van der Waals surface area contributed by atoms with Gasteiger partial charge in [-0.25, -0.2) is 0 Å². The van der Waals surface area contributed by atoms with Gasteiger partial charge in [-0.1, -0.05) is 32.4 Å². The lowest BCUT2D eigenvalue weighted by Crippen LogP contribution is -2.54. The Labute approximate surface area is 164 Å². The summed E-state index contributed by atoms with van der Waals surface area (Å²) in [6, 6.07) is 0. The van der Waals surface area contributed by atoms with Crippen LogP contribution in [0.4, 0.5) is 0 Å². The molecule has 4 bridgehead atoms. The number of hydrogen-bond donors (Lipinski definition) is 1. The van der Waals surface area contributed by atoms with Crippen molar-refractivity contribution in [2.75, 3.05) is 0 Å². The second-order valence-corrected chi connectivity index (χ2v) is 10.2. The van der Waals surface area contributed by atoms with E-state index in [1.165, 1.54) is 44.9 Å². The SMILES string of the molecule is CCC1(OC(=O)CC(O)CCC2CC3C=CC2C3)C2CCCC1CC(C)C2. The van der Waals surface area contributed by atoms with E-state index in [-0.39, 0.29) is 18.0 Å². The van der Waals surface area contributed by atoms with E-state index in [0.29, 0.717) is 17.8 Å². The summed E-state index contributed by atoms with van der Waals surface area (Å²) in [7, 11) is 0. The first-order valence-corrected chi connectivity index (χ1v) is 11.6. The van der Waals surface area contributed by atoms with Gasteiger partial charge < -0.3 is 9.84 Å². The molecule has 0 saturated heterocycles. The van der Waals surface area contributed by atoms with Gasteiger partial charge in [-0.3, -0.25) is 4.79 Å². The number of aliphatic hydroxyl groups is 1. The number of ether oxygens (including phenoxy) is 1. The highest BCUT2D eigenvalue weighted by Gasteiger charge is 2.52. The van der Waals surface area contributed by atoms with Crippen molar-refractivity contribution in [2.45, 2.75) is 96.2 Å². The molecule has 4 aliphatic carbocycles. The highest BCUT2D eigenvalue weighted by molar-refractivity contribution is 5.70. The second kappa shape index (κ2) is 7.89. The fourth-order valence-corrected chi connectivity index (χ4v) is 7.13. The van der Waals surface area contributed by atoms with Crippen LogP contribution >= 0.6 is 0 Å². The number of aliphatic hydroxyl groups excluding tert-OH is 1. The minimum atomic E-state index is -0.545. The molecule has 3 fully saturated rings. The highest BCUT2D eigenvalue weighted by atomic mass is 16.6. The molecule has 6 atom stereocenters. The summed E-state index contributed by atoms with van der Waals surface area (Å²) in [5.74, 6) is 3.84. The first-order valence-electron chi connectivity index (χ1n) is 11.6. The lowest BCUT2D eigenvalue weighted by Gasteiger charge is -2.53. The Bertz CT molecular complexity index is 554. The number of fused-ring (bicyclic) bond motifs is 4.